The number of para-hydroxylation sites is 1. The van der Waals surface area contributed by atoms with Gasteiger partial charge in [0.05, 0.1) is 5.56 Å². The molecule has 0 saturated heterocycles. The maximum Gasteiger partial charge on any atom is 0.257 e. The second-order valence-electron chi connectivity index (χ2n) is 4.25. The minimum Gasteiger partial charge on any atom is -0.504 e. The SMILES string of the molecule is CN(CCCCCN)C(=O)c1cccc(O)c1O. The van der Waals surface area contributed by atoms with Crippen molar-refractivity contribution >= 4 is 5.91 Å². The van der Waals surface area contributed by atoms with Crippen molar-refractivity contribution in [1.82, 2.24) is 4.90 Å². The molecule has 0 radical (unpaired) electrons. The summed E-state index contributed by atoms with van der Waals surface area (Å²) < 4.78 is 0. The lowest BCUT2D eigenvalue weighted by molar-refractivity contribution is 0.0789. The number of hydrogen-bond donors (Lipinski definition) is 3. The number of phenolic OH excluding ortho intramolecular Hbond substituents is 2. The zero-order chi connectivity index (χ0) is 13.5. The van der Waals surface area contributed by atoms with E-state index < -0.39 is 0 Å². The molecule has 5 nitrogen and oxygen atoms in total. The van der Waals surface area contributed by atoms with Crippen LogP contribution in [0, 0.1) is 0 Å². The van der Waals surface area contributed by atoms with Crippen molar-refractivity contribution in [3.63, 3.8) is 0 Å². The van der Waals surface area contributed by atoms with E-state index in [2.05, 4.69) is 0 Å². The molecule has 4 N–H and O–H groups in total. The van der Waals surface area contributed by atoms with Crippen LogP contribution in [0.4, 0.5) is 0 Å². The number of nitrogens with zero attached hydrogens (tertiary/aromatic N) is 1. The molecule has 1 amide bonds. The normalized spacial score (nSPS) is 10.3. The van der Waals surface area contributed by atoms with E-state index in [0.717, 1.165) is 19.3 Å². The fourth-order valence-corrected chi connectivity index (χ4v) is 1.68. The fraction of sp³-hybridized carbons (Fsp3) is 0.462. The molecule has 0 fully saturated rings. The lowest BCUT2D eigenvalue weighted by Gasteiger charge is -2.17. The number of carbonyl (C=O) groups is 1. The lowest BCUT2D eigenvalue weighted by atomic mass is 10.1. The molecule has 1 aromatic rings. The molecule has 0 aliphatic carbocycles. The van der Waals surface area contributed by atoms with E-state index in [4.69, 9.17) is 5.73 Å². The third-order valence-electron chi connectivity index (χ3n) is 2.79. The third-order valence-corrected chi connectivity index (χ3v) is 2.79. The standard InChI is InChI=1S/C13H20N2O3/c1-15(9-4-2-3-8-14)13(18)10-6-5-7-11(16)12(10)17/h5-7,16-17H,2-4,8-9,14H2,1H3. The van der Waals surface area contributed by atoms with Gasteiger partial charge in [0.25, 0.3) is 5.91 Å². The summed E-state index contributed by atoms with van der Waals surface area (Å²) in [5.41, 5.74) is 5.51. The van der Waals surface area contributed by atoms with Gasteiger partial charge in [-0.25, -0.2) is 0 Å². The van der Waals surface area contributed by atoms with Crippen LogP contribution in [-0.4, -0.2) is 41.2 Å². The van der Waals surface area contributed by atoms with Crippen molar-refractivity contribution in [3.05, 3.63) is 23.8 Å². The summed E-state index contributed by atoms with van der Waals surface area (Å²) in [6.07, 6.45) is 2.79. The number of rotatable bonds is 6. The predicted molar refractivity (Wildman–Crippen MR) is 69.6 cm³/mol. The van der Waals surface area contributed by atoms with Crippen LogP contribution in [0.25, 0.3) is 0 Å². The third kappa shape index (κ3) is 3.63. The van der Waals surface area contributed by atoms with E-state index >= 15 is 0 Å². The highest BCUT2D eigenvalue weighted by Gasteiger charge is 2.17. The molecule has 0 unspecified atom stereocenters. The van der Waals surface area contributed by atoms with Crippen LogP contribution in [-0.2, 0) is 0 Å². The van der Waals surface area contributed by atoms with Crippen LogP contribution >= 0.6 is 0 Å². The van der Waals surface area contributed by atoms with Gasteiger partial charge in [-0.3, -0.25) is 4.79 Å². The van der Waals surface area contributed by atoms with E-state index in [1.165, 1.54) is 23.1 Å². The Hall–Kier alpha value is -1.75. The first-order chi connectivity index (χ1) is 8.57. The van der Waals surface area contributed by atoms with Gasteiger partial charge in [0.2, 0.25) is 0 Å². The zero-order valence-electron chi connectivity index (χ0n) is 10.6. The fourth-order valence-electron chi connectivity index (χ4n) is 1.68. The van der Waals surface area contributed by atoms with E-state index in [-0.39, 0.29) is 23.0 Å². The van der Waals surface area contributed by atoms with Gasteiger partial charge in [-0.2, -0.15) is 0 Å². The molecule has 18 heavy (non-hydrogen) atoms. The Morgan fingerprint density at radius 1 is 1.28 bits per heavy atom. The summed E-state index contributed by atoms with van der Waals surface area (Å²) in [5, 5.41) is 19.0. The minimum atomic E-state index is -0.365. The summed E-state index contributed by atoms with van der Waals surface area (Å²) >= 11 is 0. The molecule has 0 heterocycles. The van der Waals surface area contributed by atoms with Gasteiger partial charge in [0.1, 0.15) is 0 Å². The molecule has 0 saturated carbocycles. The molecule has 5 heteroatoms. The van der Waals surface area contributed by atoms with Crippen molar-refractivity contribution in [1.29, 1.82) is 0 Å². The van der Waals surface area contributed by atoms with E-state index in [9.17, 15) is 15.0 Å². The van der Waals surface area contributed by atoms with Crippen molar-refractivity contribution in [2.45, 2.75) is 19.3 Å². The maximum absolute atomic E-state index is 12.0. The Bertz CT molecular complexity index is 407. The molecule has 0 bridgehead atoms. The summed E-state index contributed by atoms with van der Waals surface area (Å²) in [4.78, 5) is 13.5. The van der Waals surface area contributed by atoms with Gasteiger partial charge >= 0.3 is 0 Å². The second-order valence-corrected chi connectivity index (χ2v) is 4.25. The van der Waals surface area contributed by atoms with Gasteiger partial charge in [0, 0.05) is 13.6 Å². The molecule has 1 rings (SSSR count). The largest absolute Gasteiger partial charge is 0.504 e. The number of benzene rings is 1. The first-order valence-corrected chi connectivity index (χ1v) is 6.04. The Balaban J connectivity index is 2.60. The highest BCUT2D eigenvalue weighted by molar-refractivity contribution is 5.97. The van der Waals surface area contributed by atoms with E-state index in [0.29, 0.717) is 13.1 Å². The molecule has 1 aromatic carbocycles. The number of nitrogens with two attached hydrogens (primary N) is 1. The molecular weight excluding hydrogens is 232 g/mol. The second kappa shape index (κ2) is 6.86. The van der Waals surface area contributed by atoms with Crippen molar-refractivity contribution in [2.24, 2.45) is 5.73 Å². The number of carbonyl (C=O) groups excluding carboxylic acids is 1. The zero-order valence-corrected chi connectivity index (χ0v) is 10.6. The molecule has 0 spiro atoms. The topological polar surface area (TPSA) is 86.8 Å². The molecule has 0 atom stereocenters. The number of unbranched alkanes of at least 4 members (excludes halogenated alkanes) is 2. The van der Waals surface area contributed by atoms with Gasteiger partial charge < -0.3 is 20.8 Å². The van der Waals surface area contributed by atoms with E-state index in [1.54, 1.807) is 7.05 Å². The maximum atomic E-state index is 12.0. The van der Waals surface area contributed by atoms with Gasteiger partial charge in [-0.15, -0.1) is 0 Å². The number of amides is 1. The number of hydrogen-bond acceptors (Lipinski definition) is 4. The van der Waals surface area contributed by atoms with Crippen LogP contribution < -0.4 is 5.73 Å². The van der Waals surface area contributed by atoms with Gasteiger partial charge in [0.15, 0.2) is 11.5 Å². The van der Waals surface area contributed by atoms with E-state index in [1.807, 2.05) is 0 Å². The quantitative estimate of drug-likeness (QED) is 0.526. The highest BCUT2D eigenvalue weighted by Crippen LogP contribution is 2.28. The number of phenols is 2. The Labute approximate surface area is 107 Å². The molecule has 100 valence electrons. The Kier molecular flexibility index (Phi) is 5.45. The Morgan fingerprint density at radius 3 is 2.67 bits per heavy atom. The minimum absolute atomic E-state index is 0.122. The number of aromatic hydroxyl groups is 2. The van der Waals surface area contributed by atoms with Crippen LogP contribution in [0.5, 0.6) is 11.5 Å². The Morgan fingerprint density at radius 2 is 2.00 bits per heavy atom. The van der Waals surface area contributed by atoms with Gasteiger partial charge in [-0.05, 0) is 31.5 Å². The van der Waals surface area contributed by atoms with Crippen LogP contribution in [0.1, 0.15) is 29.6 Å². The lowest BCUT2D eigenvalue weighted by Crippen LogP contribution is -2.27. The van der Waals surface area contributed by atoms with Crippen LogP contribution in [0.2, 0.25) is 0 Å². The highest BCUT2D eigenvalue weighted by atomic mass is 16.3. The summed E-state index contributed by atoms with van der Waals surface area (Å²) in [5.74, 6) is -0.940. The predicted octanol–water partition coefficient (Wildman–Crippen LogP) is 1.30. The summed E-state index contributed by atoms with van der Waals surface area (Å²) in [7, 11) is 1.67. The van der Waals surface area contributed by atoms with Crippen LogP contribution in [0.15, 0.2) is 18.2 Å². The first kappa shape index (κ1) is 14.3. The van der Waals surface area contributed by atoms with Gasteiger partial charge in [-0.1, -0.05) is 12.5 Å². The summed E-state index contributed by atoms with van der Waals surface area (Å²) in [6, 6.07) is 4.37. The van der Waals surface area contributed by atoms with Crippen LogP contribution in [0.3, 0.4) is 0 Å². The summed E-state index contributed by atoms with van der Waals surface area (Å²) in [6.45, 7) is 1.26. The average Bonchev–Trinajstić information content (AvgIpc) is 2.37. The smallest absolute Gasteiger partial charge is 0.257 e. The van der Waals surface area contributed by atoms with Crippen molar-refractivity contribution in [2.75, 3.05) is 20.1 Å². The van der Waals surface area contributed by atoms with Crippen molar-refractivity contribution in [3.8, 4) is 11.5 Å². The average molecular weight is 252 g/mol. The molecule has 0 aliphatic rings. The van der Waals surface area contributed by atoms with Crippen molar-refractivity contribution < 1.29 is 15.0 Å². The molecular formula is C13H20N2O3. The molecule has 0 aliphatic heterocycles. The first-order valence-electron chi connectivity index (χ1n) is 6.04. The monoisotopic (exact) mass is 252 g/mol. The molecule has 0 aromatic heterocycles.